The summed E-state index contributed by atoms with van der Waals surface area (Å²) in [4.78, 5) is 1.31. The highest BCUT2D eigenvalue weighted by Gasteiger charge is 2.09. The molecular weight excluding hydrogens is 318 g/mol. The van der Waals surface area contributed by atoms with Gasteiger partial charge in [-0.15, -0.1) is 11.3 Å². The Kier molecular flexibility index (Phi) is 4.62. The molecule has 1 aromatic heterocycles. The summed E-state index contributed by atoms with van der Waals surface area (Å²) in [6.07, 6.45) is 1.75. The van der Waals surface area contributed by atoms with Gasteiger partial charge < -0.3 is 5.73 Å². The molecule has 0 amide bonds. The van der Waals surface area contributed by atoms with Gasteiger partial charge in [-0.2, -0.15) is 0 Å². The summed E-state index contributed by atoms with van der Waals surface area (Å²) < 4.78 is 1.16. The van der Waals surface area contributed by atoms with E-state index in [0.717, 1.165) is 22.3 Å². The molecule has 2 N–H and O–H groups in total. The fourth-order valence-corrected chi connectivity index (χ4v) is 3.57. The molecule has 0 saturated carbocycles. The predicted octanol–water partition coefficient (Wildman–Crippen LogP) is 4.28. The van der Waals surface area contributed by atoms with E-state index in [0.29, 0.717) is 0 Å². The van der Waals surface area contributed by atoms with Crippen molar-refractivity contribution in [2.45, 2.75) is 18.9 Å². The molecule has 1 unspecified atom stereocenters. The standard InChI is InChI=1S/C13H13BrClNS/c14-12-4-5-17-13(12)8-11(16)7-9-2-1-3-10(15)6-9/h1-6,11H,7-8,16H2. The predicted molar refractivity (Wildman–Crippen MR) is 78.9 cm³/mol. The lowest BCUT2D eigenvalue weighted by atomic mass is 10.0. The van der Waals surface area contributed by atoms with Crippen LogP contribution < -0.4 is 5.73 Å². The van der Waals surface area contributed by atoms with Crippen LogP contribution in [0.25, 0.3) is 0 Å². The van der Waals surface area contributed by atoms with Gasteiger partial charge in [-0.1, -0.05) is 23.7 Å². The summed E-state index contributed by atoms with van der Waals surface area (Å²) in [6, 6.07) is 10.1. The molecule has 1 aromatic carbocycles. The van der Waals surface area contributed by atoms with Crippen LogP contribution in [0.5, 0.6) is 0 Å². The van der Waals surface area contributed by atoms with Gasteiger partial charge in [-0.3, -0.25) is 0 Å². The second kappa shape index (κ2) is 6.01. The average Bonchev–Trinajstić information content (AvgIpc) is 2.64. The molecule has 4 heteroatoms. The Balaban J connectivity index is 1.98. The molecule has 0 radical (unpaired) electrons. The van der Waals surface area contributed by atoms with Crippen LogP contribution in [0.1, 0.15) is 10.4 Å². The van der Waals surface area contributed by atoms with Crippen LogP contribution >= 0.6 is 38.9 Å². The number of nitrogens with two attached hydrogens (primary N) is 1. The van der Waals surface area contributed by atoms with E-state index >= 15 is 0 Å². The molecule has 0 saturated heterocycles. The molecule has 1 nitrogen and oxygen atoms in total. The van der Waals surface area contributed by atoms with Crippen LogP contribution in [0.4, 0.5) is 0 Å². The second-order valence-electron chi connectivity index (χ2n) is 3.99. The third kappa shape index (κ3) is 3.81. The van der Waals surface area contributed by atoms with Crippen LogP contribution in [-0.4, -0.2) is 6.04 Å². The molecule has 0 spiro atoms. The Morgan fingerprint density at radius 2 is 2.12 bits per heavy atom. The summed E-state index contributed by atoms with van der Waals surface area (Å²) in [5, 5.41) is 2.85. The first-order chi connectivity index (χ1) is 8.15. The second-order valence-corrected chi connectivity index (χ2v) is 6.28. The third-order valence-corrected chi connectivity index (χ3v) is 4.71. The van der Waals surface area contributed by atoms with E-state index in [-0.39, 0.29) is 6.04 Å². The Morgan fingerprint density at radius 1 is 1.29 bits per heavy atom. The van der Waals surface area contributed by atoms with Gasteiger partial charge in [-0.25, -0.2) is 0 Å². The van der Waals surface area contributed by atoms with Crippen LogP contribution in [0.15, 0.2) is 40.2 Å². The van der Waals surface area contributed by atoms with Crippen molar-refractivity contribution >= 4 is 38.9 Å². The van der Waals surface area contributed by atoms with E-state index in [1.165, 1.54) is 10.4 Å². The van der Waals surface area contributed by atoms with Crippen LogP contribution in [0.2, 0.25) is 5.02 Å². The minimum Gasteiger partial charge on any atom is -0.327 e. The van der Waals surface area contributed by atoms with Crippen molar-refractivity contribution in [1.29, 1.82) is 0 Å². The van der Waals surface area contributed by atoms with Crippen molar-refractivity contribution < 1.29 is 0 Å². The number of hydrogen-bond acceptors (Lipinski definition) is 2. The summed E-state index contributed by atoms with van der Waals surface area (Å²) in [5.41, 5.74) is 7.35. The first kappa shape index (κ1) is 13.1. The van der Waals surface area contributed by atoms with Gasteiger partial charge >= 0.3 is 0 Å². The van der Waals surface area contributed by atoms with Gasteiger partial charge in [0.05, 0.1) is 0 Å². The van der Waals surface area contributed by atoms with E-state index in [1.54, 1.807) is 11.3 Å². The van der Waals surface area contributed by atoms with Crippen LogP contribution in [0, 0.1) is 0 Å². The van der Waals surface area contributed by atoms with Crippen LogP contribution in [-0.2, 0) is 12.8 Å². The largest absolute Gasteiger partial charge is 0.327 e. The van der Waals surface area contributed by atoms with Gasteiger partial charge in [0, 0.05) is 20.4 Å². The van der Waals surface area contributed by atoms with Crippen molar-refractivity contribution in [2.24, 2.45) is 5.73 Å². The highest BCUT2D eigenvalue weighted by atomic mass is 79.9. The third-order valence-electron chi connectivity index (χ3n) is 2.53. The fourth-order valence-electron chi connectivity index (χ4n) is 1.75. The van der Waals surface area contributed by atoms with Gasteiger partial charge in [0.15, 0.2) is 0 Å². The van der Waals surface area contributed by atoms with E-state index in [9.17, 15) is 0 Å². The zero-order valence-electron chi connectivity index (χ0n) is 9.20. The molecule has 2 aromatic rings. The highest BCUT2D eigenvalue weighted by Crippen LogP contribution is 2.24. The van der Waals surface area contributed by atoms with Crippen molar-refractivity contribution in [3.8, 4) is 0 Å². The fraction of sp³-hybridized carbons (Fsp3) is 0.231. The quantitative estimate of drug-likeness (QED) is 0.890. The summed E-state index contributed by atoms with van der Waals surface area (Å²) in [5.74, 6) is 0. The lowest BCUT2D eigenvalue weighted by molar-refractivity contribution is 0.670. The van der Waals surface area contributed by atoms with Crippen LogP contribution in [0.3, 0.4) is 0 Å². The lowest BCUT2D eigenvalue weighted by Gasteiger charge is -2.11. The molecule has 0 aliphatic rings. The van der Waals surface area contributed by atoms with E-state index in [2.05, 4.69) is 33.4 Å². The van der Waals surface area contributed by atoms with E-state index < -0.39 is 0 Å². The zero-order valence-corrected chi connectivity index (χ0v) is 12.4. The zero-order chi connectivity index (χ0) is 12.3. The molecule has 90 valence electrons. The molecule has 0 fully saturated rings. The van der Waals surface area contributed by atoms with Crippen molar-refractivity contribution in [2.75, 3.05) is 0 Å². The Bertz CT molecular complexity index is 498. The average molecular weight is 331 g/mol. The van der Waals surface area contributed by atoms with Gasteiger partial charge in [0.2, 0.25) is 0 Å². The number of thiophene rings is 1. The van der Waals surface area contributed by atoms with E-state index in [4.69, 9.17) is 17.3 Å². The Hall–Kier alpha value is -0.350. The lowest BCUT2D eigenvalue weighted by Crippen LogP contribution is -2.25. The smallest absolute Gasteiger partial charge is 0.0408 e. The van der Waals surface area contributed by atoms with Gasteiger partial charge in [-0.05, 0) is 57.9 Å². The van der Waals surface area contributed by atoms with Crippen molar-refractivity contribution in [1.82, 2.24) is 0 Å². The summed E-state index contributed by atoms with van der Waals surface area (Å²) in [7, 11) is 0. The number of halogens is 2. The Labute approximate surface area is 119 Å². The maximum Gasteiger partial charge on any atom is 0.0408 e. The van der Waals surface area contributed by atoms with Crippen molar-refractivity contribution in [3.63, 3.8) is 0 Å². The minimum absolute atomic E-state index is 0.128. The molecule has 2 rings (SSSR count). The molecule has 0 aliphatic carbocycles. The molecule has 17 heavy (non-hydrogen) atoms. The summed E-state index contributed by atoms with van der Waals surface area (Å²) >= 11 is 11.2. The normalized spacial score (nSPS) is 12.6. The van der Waals surface area contributed by atoms with Gasteiger partial charge in [0.25, 0.3) is 0 Å². The summed E-state index contributed by atoms with van der Waals surface area (Å²) in [6.45, 7) is 0. The molecule has 0 aliphatic heterocycles. The monoisotopic (exact) mass is 329 g/mol. The van der Waals surface area contributed by atoms with Crippen molar-refractivity contribution in [3.05, 3.63) is 55.6 Å². The first-order valence-electron chi connectivity index (χ1n) is 5.37. The topological polar surface area (TPSA) is 26.0 Å². The highest BCUT2D eigenvalue weighted by molar-refractivity contribution is 9.10. The number of hydrogen-bond donors (Lipinski definition) is 1. The maximum atomic E-state index is 6.16. The number of benzene rings is 1. The van der Waals surface area contributed by atoms with E-state index in [1.807, 2.05) is 18.2 Å². The number of rotatable bonds is 4. The molecule has 1 heterocycles. The minimum atomic E-state index is 0.128. The molecule has 1 atom stereocenters. The SMILES string of the molecule is NC(Cc1cccc(Cl)c1)Cc1sccc1Br. The Morgan fingerprint density at radius 3 is 2.76 bits per heavy atom. The first-order valence-corrected chi connectivity index (χ1v) is 7.42. The molecular formula is C13H13BrClNS. The maximum absolute atomic E-state index is 6.16. The molecule has 0 bridgehead atoms. The van der Waals surface area contributed by atoms with Gasteiger partial charge in [0.1, 0.15) is 0 Å².